The third kappa shape index (κ3) is 2.82. The molecule has 0 aliphatic carbocycles. The predicted octanol–water partition coefficient (Wildman–Crippen LogP) is 4.14. The molecule has 0 N–H and O–H groups in total. The number of rotatable bonds is 3. The van der Waals surface area contributed by atoms with E-state index in [1.54, 1.807) is 24.5 Å². The van der Waals surface area contributed by atoms with Crippen LogP contribution in [0, 0.1) is 5.82 Å². The van der Waals surface area contributed by atoms with Gasteiger partial charge in [0.2, 0.25) is 0 Å². The van der Waals surface area contributed by atoms with Gasteiger partial charge in [-0.1, -0.05) is 0 Å². The van der Waals surface area contributed by atoms with E-state index in [0.717, 1.165) is 22.4 Å². The summed E-state index contributed by atoms with van der Waals surface area (Å²) < 4.78 is 13.8. The molecule has 0 amide bonds. The van der Waals surface area contributed by atoms with Gasteiger partial charge in [0.05, 0.1) is 11.9 Å². The van der Waals surface area contributed by atoms with Crippen LogP contribution in [0.2, 0.25) is 0 Å². The maximum Gasteiger partial charge on any atom is 0.123 e. The molecule has 1 aromatic heterocycles. The lowest BCUT2D eigenvalue weighted by atomic mass is 10.2. The van der Waals surface area contributed by atoms with E-state index < -0.39 is 0 Å². The molecule has 88 valence electrons. The molecule has 0 aliphatic heterocycles. The molecule has 1 heterocycles. The molecule has 0 saturated carbocycles. The van der Waals surface area contributed by atoms with Crippen LogP contribution < -0.4 is 4.90 Å². The number of hydrogen-bond donors (Lipinski definition) is 0. The highest BCUT2D eigenvalue weighted by Gasteiger charge is 2.07. The Hall–Kier alpha value is -1.42. The Balaban J connectivity index is 2.36. The van der Waals surface area contributed by atoms with Gasteiger partial charge in [0.1, 0.15) is 5.82 Å². The minimum absolute atomic E-state index is 0.225. The van der Waals surface area contributed by atoms with Crippen molar-refractivity contribution in [2.24, 2.45) is 0 Å². The third-order valence-electron chi connectivity index (χ3n) is 2.46. The Morgan fingerprint density at radius 2 is 1.88 bits per heavy atom. The summed E-state index contributed by atoms with van der Waals surface area (Å²) in [5, 5.41) is 0. The molecule has 0 fully saturated rings. The number of benzene rings is 1. The number of nitrogens with zero attached hydrogens (tertiary/aromatic N) is 2. The molecule has 0 spiro atoms. The van der Waals surface area contributed by atoms with Crippen LogP contribution in [0.1, 0.15) is 6.92 Å². The second-order valence-electron chi connectivity index (χ2n) is 3.58. The normalized spacial score (nSPS) is 10.3. The van der Waals surface area contributed by atoms with Gasteiger partial charge in [-0.25, -0.2) is 4.39 Å². The molecule has 0 aliphatic rings. The molecular weight excluding hydrogens is 283 g/mol. The smallest absolute Gasteiger partial charge is 0.123 e. The first-order valence-electron chi connectivity index (χ1n) is 5.34. The number of pyridine rings is 1. The SMILES string of the molecule is CCN(c1ccc(F)cc1)c1cncc(Br)c1. The van der Waals surface area contributed by atoms with Gasteiger partial charge in [-0.05, 0) is 53.2 Å². The summed E-state index contributed by atoms with van der Waals surface area (Å²) in [5.74, 6) is -0.225. The Labute approximate surface area is 108 Å². The van der Waals surface area contributed by atoms with Crippen LogP contribution >= 0.6 is 15.9 Å². The lowest BCUT2D eigenvalue weighted by molar-refractivity contribution is 0.628. The Kier molecular flexibility index (Phi) is 3.74. The van der Waals surface area contributed by atoms with Crippen molar-refractivity contribution < 1.29 is 4.39 Å². The summed E-state index contributed by atoms with van der Waals surface area (Å²) in [6.07, 6.45) is 3.53. The van der Waals surface area contributed by atoms with E-state index in [0.29, 0.717) is 0 Å². The molecule has 0 bridgehead atoms. The van der Waals surface area contributed by atoms with Crippen LogP contribution in [0.5, 0.6) is 0 Å². The van der Waals surface area contributed by atoms with Gasteiger partial charge in [0.25, 0.3) is 0 Å². The summed E-state index contributed by atoms with van der Waals surface area (Å²) in [7, 11) is 0. The highest BCUT2D eigenvalue weighted by molar-refractivity contribution is 9.10. The van der Waals surface area contributed by atoms with E-state index in [1.807, 2.05) is 13.0 Å². The first kappa shape index (κ1) is 12.0. The lowest BCUT2D eigenvalue weighted by Crippen LogP contribution is -2.16. The standard InChI is InChI=1S/C13H12BrFN2/c1-2-17(12-5-3-11(15)4-6-12)13-7-10(14)8-16-9-13/h3-9H,2H2,1H3. The minimum Gasteiger partial charge on any atom is -0.340 e. The molecule has 4 heteroatoms. The van der Waals surface area contributed by atoms with Crippen molar-refractivity contribution in [1.82, 2.24) is 4.98 Å². The van der Waals surface area contributed by atoms with Crippen LogP contribution in [0.15, 0.2) is 47.2 Å². The summed E-state index contributed by atoms with van der Waals surface area (Å²) in [6, 6.07) is 8.44. The van der Waals surface area contributed by atoms with Gasteiger partial charge >= 0.3 is 0 Å². The quantitative estimate of drug-likeness (QED) is 0.846. The first-order chi connectivity index (χ1) is 8.20. The van der Waals surface area contributed by atoms with Crippen LogP contribution in [0.3, 0.4) is 0 Å². The predicted molar refractivity (Wildman–Crippen MR) is 71.0 cm³/mol. The van der Waals surface area contributed by atoms with E-state index >= 15 is 0 Å². The fourth-order valence-electron chi connectivity index (χ4n) is 1.68. The van der Waals surface area contributed by atoms with Crippen LogP contribution in [-0.2, 0) is 0 Å². The van der Waals surface area contributed by atoms with E-state index in [4.69, 9.17) is 0 Å². The Morgan fingerprint density at radius 3 is 2.47 bits per heavy atom. The first-order valence-corrected chi connectivity index (χ1v) is 6.13. The van der Waals surface area contributed by atoms with Crippen molar-refractivity contribution in [3.05, 3.63) is 53.0 Å². The summed E-state index contributed by atoms with van der Waals surface area (Å²) >= 11 is 3.39. The highest BCUT2D eigenvalue weighted by Crippen LogP contribution is 2.26. The second-order valence-corrected chi connectivity index (χ2v) is 4.50. The van der Waals surface area contributed by atoms with E-state index in [9.17, 15) is 4.39 Å². The van der Waals surface area contributed by atoms with E-state index in [-0.39, 0.29) is 5.82 Å². The second kappa shape index (κ2) is 5.27. The maximum atomic E-state index is 12.9. The van der Waals surface area contributed by atoms with Gasteiger partial charge in [-0.15, -0.1) is 0 Å². The molecule has 2 rings (SSSR count). The minimum atomic E-state index is -0.225. The maximum absolute atomic E-state index is 12.9. The zero-order valence-electron chi connectivity index (χ0n) is 9.40. The average molecular weight is 295 g/mol. The van der Waals surface area contributed by atoms with Crippen molar-refractivity contribution in [3.8, 4) is 0 Å². The lowest BCUT2D eigenvalue weighted by Gasteiger charge is -2.23. The molecule has 0 atom stereocenters. The van der Waals surface area contributed by atoms with Crippen molar-refractivity contribution in [2.45, 2.75) is 6.92 Å². The monoisotopic (exact) mass is 294 g/mol. The fourth-order valence-corrected chi connectivity index (χ4v) is 2.04. The van der Waals surface area contributed by atoms with Crippen molar-refractivity contribution in [3.63, 3.8) is 0 Å². The molecular formula is C13H12BrFN2. The van der Waals surface area contributed by atoms with Crippen LogP contribution in [-0.4, -0.2) is 11.5 Å². The topological polar surface area (TPSA) is 16.1 Å². The summed E-state index contributed by atoms with van der Waals surface area (Å²) in [5.41, 5.74) is 1.93. The van der Waals surface area contributed by atoms with Crippen molar-refractivity contribution in [2.75, 3.05) is 11.4 Å². The molecule has 0 saturated heterocycles. The molecule has 2 aromatic rings. The van der Waals surface area contributed by atoms with Gasteiger partial charge in [-0.2, -0.15) is 0 Å². The van der Waals surface area contributed by atoms with Crippen molar-refractivity contribution in [1.29, 1.82) is 0 Å². The number of anilines is 2. The number of halogens is 2. The Bertz CT molecular complexity index is 499. The zero-order valence-corrected chi connectivity index (χ0v) is 11.0. The highest BCUT2D eigenvalue weighted by atomic mass is 79.9. The summed E-state index contributed by atoms with van der Waals surface area (Å²) in [6.45, 7) is 2.84. The van der Waals surface area contributed by atoms with Crippen LogP contribution in [0.25, 0.3) is 0 Å². The van der Waals surface area contributed by atoms with Gasteiger partial charge in [0, 0.05) is 22.9 Å². The zero-order chi connectivity index (χ0) is 12.3. The Morgan fingerprint density at radius 1 is 1.18 bits per heavy atom. The largest absolute Gasteiger partial charge is 0.340 e. The fraction of sp³-hybridized carbons (Fsp3) is 0.154. The van der Waals surface area contributed by atoms with Gasteiger partial charge < -0.3 is 4.90 Å². The molecule has 1 aromatic carbocycles. The van der Waals surface area contributed by atoms with E-state index in [1.165, 1.54) is 12.1 Å². The van der Waals surface area contributed by atoms with Gasteiger partial charge in [0.15, 0.2) is 0 Å². The average Bonchev–Trinajstić information content (AvgIpc) is 2.33. The molecule has 0 unspecified atom stereocenters. The van der Waals surface area contributed by atoms with Gasteiger partial charge in [-0.3, -0.25) is 4.98 Å². The van der Waals surface area contributed by atoms with E-state index in [2.05, 4.69) is 25.8 Å². The number of hydrogen-bond acceptors (Lipinski definition) is 2. The third-order valence-corrected chi connectivity index (χ3v) is 2.89. The molecule has 17 heavy (non-hydrogen) atoms. The summed E-state index contributed by atoms with van der Waals surface area (Å²) in [4.78, 5) is 6.20. The van der Waals surface area contributed by atoms with Crippen molar-refractivity contribution >= 4 is 27.3 Å². The molecule has 2 nitrogen and oxygen atoms in total. The molecule has 0 radical (unpaired) electrons. The van der Waals surface area contributed by atoms with Crippen LogP contribution in [0.4, 0.5) is 15.8 Å². The number of aromatic nitrogens is 1.